The Morgan fingerprint density at radius 2 is 2.35 bits per heavy atom. The molecular weight excluding hydrogens is 256 g/mol. The van der Waals surface area contributed by atoms with E-state index in [-0.39, 0.29) is 18.3 Å². The lowest BCUT2D eigenvalue weighted by Crippen LogP contribution is -2.29. The van der Waals surface area contributed by atoms with Crippen LogP contribution in [0, 0.1) is 5.92 Å². The van der Waals surface area contributed by atoms with Gasteiger partial charge in [-0.1, -0.05) is 13.0 Å². The Morgan fingerprint density at radius 1 is 1.59 bits per heavy atom. The van der Waals surface area contributed by atoms with Crippen molar-refractivity contribution in [1.82, 2.24) is 5.32 Å². The lowest BCUT2D eigenvalue weighted by molar-refractivity contribution is -0.121. The number of nitrogens with one attached hydrogen (secondary N) is 1. The third kappa shape index (κ3) is 7.36. The molecule has 0 bridgehead atoms. The predicted molar refractivity (Wildman–Crippen MR) is 75.7 cm³/mol. The van der Waals surface area contributed by atoms with Crippen LogP contribution < -0.4 is 11.1 Å². The topological polar surface area (TPSA) is 55.1 Å². The summed E-state index contributed by atoms with van der Waals surface area (Å²) >= 11 is 1.77. The highest BCUT2D eigenvalue weighted by atomic mass is 35.5. The van der Waals surface area contributed by atoms with Gasteiger partial charge in [0, 0.05) is 17.8 Å². The monoisotopic (exact) mass is 276 g/mol. The Labute approximate surface area is 113 Å². The van der Waals surface area contributed by atoms with Crippen LogP contribution in [0.5, 0.6) is 0 Å². The van der Waals surface area contributed by atoms with Crippen LogP contribution in [0.15, 0.2) is 17.5 Å². The summed E-state index contributed by atoms with van der Waals surface area (Å²) in [5.74, 6) is 0.601. The van der Waals surface area contributed by atoms with Crippen molar-refractivity contribution in [2.45, 2.75) is 26.2 Å². The molecule has 0 aliphatic rings. The first-order chi connectivity index (χ1) is 7.72. The van der Waals surface area contributed by atoms with E-state index in [0.29, 0.717) is 18.9 Å². The average molecular weight is 277 g/mol. The first-order valence-electron chi connectivity index (χ1n) is 5.71. The number of carbonyl (C=O) groups excluding carboxylic acids is 1. The van der Waals surface area contributed by atoms with Crippen molar-refractivity contribution in [3.63, 3.8) is 0 Å². The van der Waals surface area contributed by atoms with Crippen LogP contribution in [-0.4, -0.2) is 19.0 Å². The van der Waals surface area contributed by atoms with Gasteiger partial charge in [0.1, 0.15) is 0 Å². The maximum Gasteiger partial charge on any atom is 0.220 e. The molecule has 0 fully saturated rings. The van der Waals surface area contributed by atoms with E-state index >= 15 is 0 Å². The summed E-state index contributed by atoms with van der Waals surface area (Å²) in [6, 6.07) is 4.20. The molecule has 0 saturated heterocycles. The fourth-order valence-electron chi connectivity index (χ4n) is 1.48. The summed E-state index contributed by atoms with van der Waals surface area (Å²) in [6.07, 6.45) is 2.35. The molecule has 17 heavy (non-hydrogen) atoms. The minimum atomic E-state index is 0. The highest BCUT2D eigenvalue weighted by molar-refractivity contribution is 7.09. The second-order valence-corrected chi connectivity index (χ2v) is 5.12. The predicted octanol–water partition coefficient (Wildman–Crippen LogP) is 2.20. The van der Waals surface area contributed by atoms with E-state index in [9.17, 15) is 4.79 Å². The number of hydrogen-bond donors (Lipinski definition) is 2. The van der Waals surface area contributed by atoms with Gasteiger partial charge in [0.25, 0.3) is 0 Å². The fraction of sp³-hybridized carbons (Fsp3) is 0.583. The molecule has 0 spiro atoms. The first-order valence-corrected chi connectivity index (χ1v) is 6.59. The highest BCUT2D eigenvalue weighted by Gasteiger charge is 2.06. The molecule has 3 N–H and O–H groups in total. The van der Waals surface area contributed by atoms with Gasteiger partial charge in [-0.15, -0.1) is 23.7 Å². The maximum absolute atomic E-state index is 11.3. The SMILES string of the molecule is CC(CNC(=O)CCCN)Cc1cccs1.Cl. The van der Waals surface area contributed by atoms with Crippen molar-refractivity contribution in [3.05, 3.63) is 22.4 Å². The summed E-state index contributed by atoms with van der Waals surface area (Å²) in [7, 11) is 0. The molecule has 1 heterocycles. The molecule has 1 rings (SSSR count). The lowest BCUT2D eigenvalue weighted by atomic mass is 10.1. The lowest BCUT2D eigenvalue weighted by Gasteiger charge is -2.11. The normalized spacial score (nSPS) is 11.6. The van der Waals surface area contributed by atoms with E-state index in [2.05, 4.69) is 29.8 Å². The van der Waals surface area contributed by atoms with Gasteiger partial charge in [0.15, 0.2) is 0 Å². The molecule has 0 saturated carbocycles. The molecule has 1 aromatic heterocycles. The van der Waals surface area contributed by atoms with E-state index in [1.54, 1.807) is 11.3 Å². The molecular formula is C12H21ClN2OS. The quantitative estimate of drug-likeness (QED) is 0.802. The van der Waals surface area contributed by atoms with Crippen LogP contribution in [0.25, 0.3) is 0 Å². The van der Waals surface area contributed by atoms with Crippen LogP contribution in [0.1, 0.15) is 24.6 Å². The van der Waals surface area contributed by atoms with Gasteiger partial charge in [0.05, 0.1) is 0 Å². The smallest absolute Gasteiger partial charge is 0.220 e. The molecule has 1 atom stereocenters. The largest absolute Gasteiger partial charge is 0.356 e. The molecule has 0 aliphatic heterocycles. The number of hydrogen-bond acceptors (Lipinski definition) is 3. The van der Waals surface area contributed by atoms with Gasteiger partial charge in [-0.05, 0) is 36.8 Å². The molecule has 98 valence electrons. The van der Waals surface area contributed by atoms with Crippen molar-refractivity contribution in [1.29, 1.82) is 0 Å². The standard InChI is InChI=1S/C12H20N2OS.ClH/c1-10(8-11-4-3-7-16-11)9-14-12(15)5-2-6-13;/h3-4,7,10H,2,5-6,8-9,13H2,1H3,(H,14,15);1H. The summed E-state index contributed by atoms with van der Waals surface area (Å²) in [5, 5.41) is 5.03. The van der Waals surface area contributed by atoms with Gasteiger partial charge >= 0.3 is 0 Å². The van der Waals surface area contributed by atoms with E-state index in [0.717, 1.165) is 19.4 Å². The summed E-state index contributed by atoms with van der Waals surface area (Å²) in [6.45, 7) is 3.49. The van der Waals surface area contributed by atoms with Crippen molar-refractivity contribution in [2.75, 3.05) is 13.1 Å². The van der Waals surface area contributed by atoms with Crippen LogP contribution >= 0.6 is 23.7 Å². The zero-order valence-electron chi connectivity index (χ0n) is 10.1. The van der Waals surface area contributed by atoms with Crippen molar-refractivity contribution in [3.8, 4) is 0 Å². The molecule has 3 nitrogen and oxygen atoms in total. The molecule has 0 radical (unpaired) electrons. The van der Waals surface area contributed by atoms with E-state index in [1.807, 2.05) is 0 Å². The third-order valence-electron chi connectivity index (χ3n) is 2.39. The van der Waals surface area contributed by atoms with Crippen LogP contribution in [0.3, 0.4) is 0 Å². The van der Waals surface area contributed by atoms with Gasteiger partial charge in [-0.3, -0.25) is 4.79 Å². The Morgan fingerprint density at radius 3 is 2.94 bits per heavy atom. The highest BCUT2D eigenvalue weighted by Crippen LogP contribution is 2.13. The van der Waals surface area contributed by atoms with Gasteiger partial charge < -0.3 is 11.1 Å². The number of rotatable bonds is 7. The van der Waals surface area contributed by atoms with Gasteiger partial charge in [-0.25, -0.2) is 0 Å². The minimum absolute atomic E-state index is 0. The molecule has 1 aromatic rings. The van der Waals surface area contributed by atoms with E-state index in [4.69, 9.17) is 5.73 Å². The Hall–Kier alpha value is -0.580. The third-order valence-corrected chi connectivity index (χ3v) is 3.28. The molecule has 1 unspecified atom stereocenters. The Balaban J connectivity index is 0.00000256. The average Bonchev–Trinajstić information content (AvgIpc) is 2.76. The zero-order chi connectivity index (χ0) is 11.8. The van der Waals surface area contributed by atoms with Crippen LogP contribution in [-0.2, 0) is 11.2 Å². The van der Waals surface area contributed by atoms with E-state index in [1.165, 1.54) is 4.88 Å². The molecule has 0 aliphatic carbocycles. The number of thiophene rings is 1. The maximum atomic E-state index is 11.3. The second-order valence-electron chi connectivity index (χ2n) is 4.08. The summed E-state index contributed by atoms with van der Waals surface area (Å²) in [4.78, 5) is 12.7. The summed E-state index contributed by atoms with van der Waals surface area (Å²) in [5.41, 5.74) is 5.34. The Bertz CT molecular complexity index is 303. The number of nitrogens with two attached hydrogens (primary N) is 1. The molecule has 5 heteroatoms. The second kappa shape index (κ2) is 9.45. The van der Waals surface area contributed by atoms with Crippen molar-refractivity contribution >= 4 is 29.7 Å². The van der Waals surface area contributed by atoms with Crippen molar-refractivity contribution in [2.24, 2.45) is 11.7 Å². The molecule has 1 amide bonds. The van der Waals surface area contributed by atoms with Gasteiger partial charge in [-0.2, -0.15) is 0 Å². The number of amides is 1. The minimum Gasteiger partial charge on any atom is -0.356 e. The van der Waals surface area contributed by atoms with Crippen LogP contribution in [0.4, 0.5) is 0 Å². The first kappa shape index (κ1) is 16.4. The van der Waals surface area contributed by atoms with Gasteiger partial charge in [0.2, 0.25) is 5.91 Å². The number of halogens is 1. The van der Waals surface area contributed by atoms with Crippen molar-refractivity contribution < 1.29 is 4.79 Å². The van der Waals surface area contributed by atoms with E-state index < -0.39 is 0 Å². The zero-order valence-corrected chi connectivity index (χ0v) is 11.8. The fourth-order valence-corrected chi connectivity index (χ4v) is 2.35. The number of carbonyl (C=O) groups is 1. The summed E-state index contributed by atoms with van der Waals surface area (Å²) < 4.78 is 0. The van der Waals surface area contributed by atoms with Crippen LogP contribution in [0.2, 0.25) is 0 Å². The Kier molecular flexibility index (Phi) is 9.13. The molecule has 0 aromatic carbocycles.